The van der Waals surface area contributed by atoms with Gasteiger partial charge in [-0.15, -0.1) is 0 Å². The summed E-state index contributed by atoms with van der Waals surface area (Å²) >= 11 is 5.30. The van der Waals surface area contributed by atoms with E-state index in [1.165, 1.54) is 31.4 Å². The molecule has 132 valence electrons. The van der Waals surface area contributed by atoms with Gasteiger partial charge in [0.25, 0.3) is 0 Å². The quantitative estimate of drug-likeness (QED) is 0.806. The van der Waals surface area contributed by atoms with E-state index in [0.717, 1.165) is 23.6 Å². The average Bonchev–Trinajstić information content (AvgIpc) is 2.62. The molecule has 6 heteroatoms. The molecule has 25 heavy (non-hydrogen) atoms. The second kappa shape index (κ2) is 8.25. The number of nitrogens with one attached hydrogen (secondary N) is 2. The number of rotatable bonds is 4. The number of anilines is 2. The highest BCUT2D eigenvalue weighted by Crippen LogP contribution is 2.23. The van der Waals surface area contributed by atoms with Crippen molar-refractivity contribution in [3.05, 3.63) is 54.0 Å². The van der Waals surface area contributed by atoms with Gasteiger partial charge in [-0.2, -0.15) is 0 Å². The molecule has 2 heterocycles. The van der Waals surface area contributed by atoms with E-state index in [9.17, 15) is 4.39 Å². The van der Waals surface area contributed by atoms with E-state index < -0.39 is 0 Å². The van der Waals surface area contributed by atoms with Gasteiger partial charge in [0.2, 0.25) is 0 Å². The molecule has 4 nitrogen and oxygen atoms in total. The number of halogens is 1. The molecule has 1 fully saturated rings. The van der Waals surface area contributed by atoms with Gasteiger partial charge < -0.3 is 15.5 Å². The summed E-state index contributed by atoms with van der Waals surface area (Å²) in [7, 11) is 0. The Hall–Kier alpha value is -2.21. The van der Waals surface area contributed by atoms with Gasteiger partial charge in [0, 0.05) is 19.1 Å². The molecular weight excluding hydrogens is 335 g/mol. The van der Waals surface area contributed by atoms with Crippen LogP contribution in [0.2, 0.25) is 0 Å². The van der Waals surface area contributed by atoms with Crippen LogP contribution < -0.4 is 15.5 Å². The molecule has 1 aliphatic heterocycles. The standard InChI is InChI=1S/C19H23FN4S/c1-14-4-2-3-11-24(14)18-10-9-17(13-21-18)23-19(25)22-12-15-5-7-16(20)8-6-15/h5-10,13-14H,2-4,11-12H2,1H3,(H2,22,23,25)/t14-/m1/s1. The molecule has 0 saturated carbocycles. The third-order valence-electron chi connectivity index (χ3n) is 4.47. The Balaban J connectivity index is 1.52. The first-order valence-electron chi connectivity index (χ1n) is 8.64. The summed E-state index contributed by atoms with van der Waals surface area (Å²) in [5, 5.41) is 6.76. The van der Waals surface area contributed by atoms with Crippen LogP contribution >= 0.6 is 12.2 Å². The molecule has 3 rings (SSSR count). The predicted molar refractivity (Wildman–Crippen MR) is 104 cm³/mol. The summed E-state index contributed by atoms with van der Waals surface area (Å²) < 4.78 is 12.9. The van der Waals surface area contributed by atoms with E-state index in [1.807, 2.05) is 18.3 Å². The minimum Gasteiger partial charge on any atom is -0.358 e. The van der Waals surface area contributed by atoms with Crippen molar-refractivity contribution in [3.63, 3.8) is 0 Å². The average molecular weight is 358 g/mol. The Labute approximate surface area is 153 Å². The lowest BCUT2D eigenvalue weighted by Crippen LogP contribution is -2.37. The van der Waals surface area contributed by atoms with Crippen molar-refractivity contribution in [2.24, 2.45) is 0 Å². The molecule has 2 N–H and O–H groups in total. The second-order valence-corrected chi connectivity index (χ2v) is 6.79. The van der Waals surface area contributed by atoms with Crippen molar-refractivity contribution >= 4 is 28.8 Å². The summed E-state index contributed by atoms with van der Waals surface area (Å²) in [5.74, 6) is 0.779. The van der Waals surface area contributed by atoms with Crippen LogP contribution in [-0.4, -0.2) is 22.7 Å². The van der Waals surface area contributed by atoms with E-state index in [-0.39, 0.29) is 5.82 Å². The Bertz CT molecular complexity index is 702. The van der Waals surface area contributed by atoms with Crippen LogP contribution in [0.25, 0.3) is 0 Å². The van der Waals surface area contributed by atoms with Gasteiger partial charge in [0.05, 0.1) is 11.9 Å². The number of piperidine rings is 1. The number of hydrogen-bond acceptors (Lipinski definition) is 3. The lowest BCUT2D eigenvalue weighted by molar-refractivity contribution is 0.481. The van der Waals surface area contributed by atoms with E-state index in [2.05, 4.69) is 27.4 Å². The second-order valence-electron chi connectivity index (χ2n) is 6.38. The van der Waals surface area contributed by atoms with Crippen molar-refractivity contribution in [3.8, 4) is 0 Å². The van der Waals surface area contributed by atoms with Crippen molar-refractivity contribution in [1.29, 1.82) is 0 Å². The largest absolute Gasteiger partial charge is 0.358 e. The highest BCUT2D eigenvalue weighted by Gasteiger charge is 2.19. The van der Waals surface area contributed by atoms with Gasteiger partial charge in [-0.05, 0) is 68.2 Å². The van der Waals surface area contributed by atoms with Crippen LogP contribution in [0, 0.1) is 5.82 Å². The molecule has 0 aliphatic carbocycles. The number of thiocarbonyl (C=S) groups is 1. The smallest absolute Gasteiger partial charge is 0.171 e. The zero-order valence-electron chi connectivity index (χ0n) is 14.3. The molecule has 0 radical (unpaired) electrons. The van der Waals surface area contributed by atoms with Gasteiger partial charge in [0.15, 0.2) is 5.11 Å². The summed E-state index contributed by atoms with van der Waals surface area (Å²) in [5.41, 5.74) is 1.82. The molecule has 1 aromatic carbocycles. The maximum Gasteiger partial charge on any atom is 0.171 e. The van der Waals surface area contributed by atoms with Gasteiger partial charge in [-0.3, -0.25) is 0 Å². The number of pyridine rings is 1. The maximum absolute atomic E-state index is 12.9. The first kappa shape index (κ1) is 17.6. The number of hydrogen-bond donors (Lipinski definition) is 2. The van der Waals surface area contributed by atoms with Crippen molar-refractivity contribution < 1.29 is 4.39 Å². The monoisotopic (exact) mass is 358 g/mol. The summed E-state index contributed by atoms with van der Waals surface area (Å²) in [6, 6.07) is 10.9. The first-order chi connectivity index (χ1) is 12.1. The molecule has 1 atom stereocenters. The van der Waals surface area contributed by atoms with Crippen molar-refractivity contribution in [1.82, 2.24) is 10.3 Å². The van der Waals surface area contributed by atoms with Crippen molar-refractivity contribution in [2.75, 3.05) is 16.8 Å². The van der Waals surface area contributed by atoms with Crippen LogP contribution in [0.15, 0.2) is 42.6 Å². The SMILES string of the molecule is C[C@@H]1CCCCN1c1ccc(NC(=S)NCc2ccc(F)cc2)cn1. The van der Waals surface area contributed by atoms with E-state index in [1.54, 1.807) is 12.1 Å². The molecule has 2 aromatic rings. The molecular formula is C19H23FN4S. The summed E-state index contributed by atoms with van der Waals surface area (Å²) in [6.45, 7) is 3.86. The Morgan fingerprint density at radius 3 is 2.72 bits per heavy atom. The minimum atomic E-state index is -0.237. The number of nitrogens with zero attached hydrogens (tertiary/aromatic N) is 2. The zero-order valence-corrected chi connectivity index (χ0v) is 15.2. The lowest BCUT2D eigenvalue weighted by Gasteiger charge is -2.34. The maximum atomic E-state index is 12.9. The van der Waals surface area contributed by atoms with E-state index in [4.69, 9.17) is 12.2 Å². The molecule has 0 unspecified atom stereocenters. The molecule has 0 spiro atoms. The van der Waals surface area contributed by atoms with E-state index >= 15 is 0 Å². The highest BCUT2D eigenvalue weighted by molar-refractivity contribution is 7.80. The van der Waals surface area contributed by atoms with Crippen LogP contribution in [0.1, 0.15) is 31.7 Å². The predicted octanol–water partition coefficient (Wildman–Crippen LogP) is 4.09. The van der Waals surface area contributed by atoms with E-state index in [0.29, 0.717) is 17.7 Å². The fourth-order valence-electron chi connectivity index (χ4n) is 3.03. The van der Waals surface area contributed by atoms with Gasteiger partial charge >= 0.3 is 0 Å². The van der Waals surface area contributed by atoms with Crippen LogP contribution in [-0.2, 0) is 6.54 Å². The summed E-state index contributed by atoms with van der Waals surface area (Å²) in [4.78, 5) is 6.93. The van der Waals surface area contributed by atoms with Gasteiger partial charge in [0.1, 0.15) is 11.6 Å². The van der Waals surface area contributed by atoms with Crippen LogP contribution in [0.4, 0.5) is 15.9 Å². The fraction of sp³-hybridized carbons (Fsp3) is 0.368. The molecule has 0 amide bonds. The third-order valence-corrected chi connectivity index (χ3v) is 4.72. The minimum absolute atomic E-state index is 0.237. The molecule has 1 aliphatic rings. The fourth-order valence-corrected chi connectivity index (χ4v) is 3.22. The number of benzene rings is 1. The number of aromatic nitrogens is 1. The molecule has 1 aromatic heterocycles. The molecule has 0 bridgehead atoms. The van der Waals surface area contributed by atoms with Crippen molar-refractivity contribution in [2.45, 2.75) is 38.8 Å². The Kier molecular flexibility index (Phi) is 5.81. The molecule has 1 saturated heterocycles. The Morgan fingerprint density at radius 1 is 1.24 bits per heavy atom. The van der Waals surface area contributed by atoms with Gasteiger partial charge in [-0.1, -0.05) is 12.1 Å². The summed E-state index contributed by atoms with van der Waals surface area (Å²) in [6.07, 6.45) is 5.55. The third kappa shape index (κ3) is 4.89. The topological polar surface area (TPSA) is 40.2 Å². The lowest BCUT2D eigenvalue weighted by atomic mass is 10.0. The highest BCUT2D eigenvalue weighted by atomic mass is 32.1. The van der Waals surface area contributed by atoms with Crippen LogP contribution in [0.5, 0.6) is 0 Å². The normalized spacial score (nSPS) is 17.2. The zero-order chi connectivity index (χ0) is 17.6. The van der Waals surface area contributed by atoms with Crippen LogP contribution in [0.3, 0.4) is 0 Å². The Morgan fingerprint density at radius 2 is 2.04 bits per heavy atom. The first-order valence-corrected chi connectivity index (χ1v) is 9.04. The van der Waals surface area contributed by atoms with Gasteiger partial charge in [-0.25, -0.2) is 9.37 Å².